The largest absolute Gasteiger partial charge is 0.366 e. The Hall–Kier alpha value is -3.11. The molecule has 1 aliphatic rings. The van der Waals surface area contributed by atoms with Crippen LogP contribution in [0.3, 0.4) is 0 Å². The van der Waals surface area contributed by atoms with Crippen molar-refractivity contribution in [2.75, 3.05) is 48.2 Å². The van der Waals surface area contributed by atoms with Gasteiger partial charge in [-0.3, -0.25) is 9.10 Å². The van der Waals surface area contributed by atoms with Crippen LogP contribution in [0.25, 0.3) is 0 Å². The lowest BCUT2D eigenvalue weighted by molar-refractivity contribution is -0.129. The van der Waals surface area contributed by atoms with Crippen molar-refractivity contribution in [3.8, 4) is 0 Å². The fraction of sp³-hybridized carbons (Fsp3) is 0.240. The molecular weight excluding hydrogens is 492 g/mol. The molecule has 184 valence electrons. The monoisotopic (exact) mass is 517 g/mol. The Kier molecular flexibility index (Phi) is 7.61. The van der Waals surface area contributed by atoms with E-state index in [1.807, 2.05) is 11.2 Å². The Labute approximate surface area is 208 Å². The van der Waals surface area contributed by atoms with Crippen LogP contribution in [0.2, 0.25) is 0 Å². The molecule has 0 atom stereocenters. The molecule has 1 amide bonds. The SMILES string of the molecule is CSc1ccc(S(=O)(=O)N(CC(=O)N2CCN(c3ccccc3F)CC2)c2cccc(F)c2)cc1. The summed E-state index contributed by atoms with van der Waals surface area (Å²) in [6.45, 7) is 0.972. The second-order valence-electron chi connectivity index (χ2n) is 7.99. The summed E-state index contributed by atoms with van der Waals surface area (Å²) >= 11 is 1.48. The van der Waals surface area contributed by atoms with Gasteiger partial charge in [0.1, 0.15) is 18.2 Å². The Morgan fingerprint density at radius 3 is 2.26 bits per heavy atom. The molecule has 1 aliphatic heterocycles. The summed E-state index contributed by atoms with van der Waals surface area (Å²) < 4.78 is 56.1. The molecule has 35 heavy (non-hydrogen) atoms. The molecule has 0 bridgehead atoms. The number of para-hydroxylation sites is 1. The van der Waals surface area contributed by atoms with E-state index in [4.69, 9.17) is 0 Å². The number of thioether (sulfide) groups is 1. The third-order valence-corrected chi connectivity index (χ3v) is 8.38. The maximum absolute atomic E-state index is 14.1. The van der Waals surface area contributed by atoms with Gasteiger partial charge in [0, 0.05) is 31.1 Å². The number of amides is 1. The lowest BCUT2D eigenvalue weighted by Gasteiger charge is -2.37. The van der Waals surface area contributed by atoms with E-state index in [2.05, 4.69) is 0 Å². The number of carbonyl (C=O) groups excluding carboxylic acids is 1. The number of hydrogen-bond acceptors (Lipinski definition) is 5. The number of piperazine rings is 1. The molecule has 6 nitrogen and oxygen atoms in total. The van der Waals surface area contributed by atoms with Crippen molar-refractivity contribution in [3.05, 3.63) is 84.4 Å². The minimum absolute atomic E-state index is 0.0109. The number of anilines is 2. The van der Waals surface area contributed by atoms with Crippen LogP contribution in [-0.4, -0.2) is 58.2 Å². The first-order valence-corrected chi connectivity index (χ1v) is 13.7. The van der Waals surface area contributed by atoms with Gasteiger partial charge in [-0.2, -0.15) is 0 Å². The maximum Gasteiger partial charge on any atom is 0.264 e. The van der Waals surface area contributed by atoms with E-state index in [0.717, 1.165) is 15.3 Å². The van der Waals surface area contributed by atoms with E-state index in [9.17, 15) is 22.0 Å². The molecule has 10 heteroatoms. The van der Waals surface area contributed by atoms with Crippen LogP contribution >= 0.6 is 11.8 Å². The summed E-state index contributed by atoms with van der Waals surface area (Å²) in [7, 11) is -4.14. The normalized spacial score (nSPS) is 14.1. The lowest BCUT2D eigenvalue weighted by Crippen LogP contribution is -2.52. The molecular formula is C25H25F2N3O3S2. The zero-order valence-corrected chi connectivity index (χ0v) is 20.7. The Morgan fingerprint density at radius 2 is 1.63 bits per heavy atom. The number of rotatable bonds is 7. The van der Waals surface area contributed by atoms with E-state index in [-0.39, 0.29) is 16.4 Å². The molecule has 0 saturated carbocycles. The standard InChI is InChI=1S/C25H25F2N3O3S2/c1-34-21-9-11-22(12-10-21)35(32,33)30(20-6-4-5-19(26)17-20)18-25(31)29-15-13-28(14-16-29)24-8-3-2-7-23(24)27/h2-12,17H,13-16,18H2,1H3. The maximum atomic E-state index is 14.1. The highest BCUT2D eigenvalue weighted by atomic mass is 32.2. The zero-order chi connectivity index (χ0) is 25.0. The van der Waals surface area contributed by atoms with Gasteiger partial charge in [0.2, 0.25) is 5.91 Å². The van der Waals surface area contributed by atoms with E-state index in [1.54, 1.807) is 35.2 Å². The van der Waals surface area contributed by atoms with E-state index < -0.39 is 28.3 Å². The number of benzene rings is 3. The lowest BCUT2D eigenvalue weighted by atomic mass is 10.2. The molecule has 3 aromatic rings. The van der Waals surface area contributed by atoms with Gasteiger partial charge in [-0.15, -0.1) is 11.8 Å². The van der Waals surface area contributed by atoms with E-state index in [0.29, 0.717) is 31.9 Å². The smallest absolute Gasteiger partial charge is 0.264 e. The van der Waals surface area contributed by atoms with Gasteiger partial charge in [-0.25, -0.2) is 17.2 Å². The van der Waals surface area contributed by atoms with E-state index >= 15 is 0 Å². The Morgan fingerprint density at radius 1 is 0.943 bits per heavy atom. The van der Waals surface area contributed by atoms with Gasteiger partial charge in [-0.05, 0) is 60.9 Å². The van der Waals surface area contributed by atoms with Crippen molar-refractivity contribution in [1.82, 2.24) is 4.90 Å². The number of halogens is 2. The molecule has 1 fully saturated rings. The van der Waals surface area contributed by atoms with Gasteiger partial charge in [-0.1, -0.05) is 18.2 Å². The molecule has 0 aliphatic carbocycles. The van der Waals surface area contributed by atoms with Gasteiger partial charge >= 0.3 is 0 Å². The van der Waals surface area contributed by atoms with Gasteiger partial charge in [0.15, 0.2) is 0 Å². The molecule has 0 unspecified atom stereocenters. The summed E-state index contributed by atoms with van der Waals surface area (Å²) in [6.07, 6.45) is 1.88. The highest BCUT2D eigenvalue weighted by molar-refractivity contribution is 7.98. The third-order valence-electron chi connectivity index (χ3n) is 5.85. The summed E-state index contributed by atoms with van der Waals surface area (Å²) in [4.78, 5) is 17.5. The summed E-state index contributed by atoms with van der Waals surface area (Å²) in [6, 6.07) is 17.9. The number of hydrogen-bond donors (Lipinski definition) is 0. The molecule has 0 radical (unpaired) electrons. The second kappa shape index (κ2) is 10.7. The van der Waals surface area contributed by atoms with Crippen molar-refractivity contribution in [1.29, 1.82) is 0 Å². The topological polar surface area (TPSA) is 60.9 Å². The Balaban J connectivity index is 1.54. The molecule has 1 saturated heterocycles. The first kappa shape index (κ1) is 25.0. The fourth-order valence-corrected chi connectivity index (χ4v) is 5.76. The zero-order valence-electron chi connectivity index (χ0n) is 19.1. The molecule has 4 rings (SSSR count). The first-order valence-electron chi connectivity index (χ1n) is 11.0. The molecule has 0 N–H and O–H groups in total. The fourth-order valence-electron chi connectivity index (χ4n) is 3.95. The summed E-state index contributed by atoms with van der Waals surface area (Å²) in [5.74, 6) is -1.35. The second-order valence-corrected chi connectivity index (χ2v) is 10.7. The van der Waals surface area contributed by atoms with Crippen LogP contribution in [0, 0.1) is 11.6 Å². The first-order chi connectivity index (χ1) is 16.8. The molecule has 3 aromatic carbocycles. The van der Waals surface area contributed by atoms with Crippen molar-refractivity contribution >= 4 is 39.1 Å². The van der Waals surface area contributed by atoms with Crippen molar-refractivity contribution in [2.24, 2.45) is 0 Å². The Bertz CT molecular complexity index is 1300. The van der Waals surface area contributed by atoms with Crippen LogP contribution in [0.1, 0.15) is 0 Å². The van der Waals surface area contributed by atoms with Crippen LogP contribution in [0.4, 0.5) is 20.2 Å². The number of sulfonamides is 1. The van der Waals surface area contributed by atoms with Gasteiger partial charge < -0.3 is 9.80 Å². The highest BCUT2D eigenvalue weighted by Gasteiger charge is 2.31. The number of nitrogens with zero attached hydrogens (tertiary/aromatic N) is 3. The van der Waals surface area contributed by atoms with Crippen molar-refractivity contribution in [2.45, 2.75) is 9.79 Å². The summed E-state index contributed by atoms with van der Waals surface area (Å²) in [5.41, 5.74) is 0.537. The van der Waals surface area contributed by atoms with Gasteiger partial charge in [0.25, 0.3) is 10.0 Å². The van der Waals surface area contributed by atoms with Gasteiger partial charge in [0.05, 0.1) is 16.3 Å². The minimum Gasteiger partial charge on any atom is -0.366 e. The highest BCUT2D eigenvalue weighted by Crippen LogP contribution is 2.27. The summed E-state index contributed by atoms with van der Waals surface area (Å²) in [5, 5.41) is 0. The average molecular weight is 518 g/mol. The molecule has 0 aromatic heterocycles. The van der Waals surface area contributed by atoms with E-state index in [1.165, 1.54) is 48.2 Å². The van der Waals surface area contributed by atoms with Crippen LogP contribution in [0.5, 0.6) is 0 Å². The molecule has 1 heterocycles. The minimum atomic E-state index is -4.14. The van der Waals surface area contributed by atoms with Crippen molar-refractivity contribution < 1.29 is 22.0 Å². The molecule has 0 spiro atoms. The van der Waals surface area contributed by atoms with Crippen LogP contribution in [-0.2, 0) is 14.8 Å². The van der Waals surface area contributed by atoms with Crippen LogP contribution in [0.15, 0.2) is 82.6 Å². The van der Waals surface area contributed by atoms with Crippen molar-refractivity contribution in [3.63, 3.8) is 0 Å². The average Bonchev–Trinajstić information content (AvgIpc) is 2.87. The number of carbonyl (C=O) groups is 1. The third kappa shape index (κ3) is 5.59. The predicted octanol–water partition coefficient (Wildman–Crippen LogP) is 4.23. The predicted molar refractivity (Wildman–Crippen MR) is 134 cm³/mol. The van der Waals surface area contributed by atoms with Crippen LogP contribution < -0.4 is 9.21 Å². The quantitative estimate of drug-likeness (QED) is 0.439.